The number of carbonyl (C=O) groups is 3. The molecule has 0 aliphatic carbocycles. The van der Waals surface area contributed by atoms with Gasteiger partial charge in [-0.05, 0) is 49.2 Å². The summed E-state index contributed by atoms with van der Waals surface area (Å²) >= 11 is 0. The first-order chi connectivity index (χ1) is 13.0. The lowest BCUT2D eigenvalue weighted by molar-refractivity contribution is 0.0654. The summed E-state index contributed by atoms with van der Waals surface area (Å²) in [6.07, 6.45) is 1.13. The third-order valence-electron chi connectivity index (χ3n) is 4.61. The zero-order valence-electron chi connectivity index (χ0n) is 14.5. The number of halogens is 1. The number of piperidine rings is 1. The zero-order chi connectivity index (χ0) is 19.4. The Morgan fingerprint density at radius 2 is 1.56 bits per heavy atom. The molecule has 27 heavy (non-hydrogen) atoms. The Kier molecular flexibility index (Phi) is 5.49. The van der Waals surface area contributed by atoms with E-state index in [0.717, 1.165) is 0 Å². The molecule has 0 radical (unpaired) electrons. The van der Waals surface area contributed by atoms with Gasteiger partial charge in [0.2, 0.25) is 0 Å². The summed E-state index contributed by atoms with van der Waals surface area (Å²) < 4.78 is 12.9. The Labute approximate surface area is 155 Å². The molecule has 3 rings (SSSR count). The molecule has 1 aliphatic rings. The van der Waals surface area contributed by atoms with Crippen molar-refractivity contribution in [2.75, 3.05) is 13.1 Å². The molecule has 0 spiro atoms. The lowest BCUT2D eigenvalue weighted by Gasteiger charge is -2.32. The van der Waals surface area contributed by atoms with Crippen LogP contribution >= 0.6 is 0 Å². The van der Waals surface area contributed by atoms with Crippen LogP contribution in [0.3, 0.4) is 0 Å². The maximum Gasteiger partial charge on any atom is 0.336 e. The van der Waals surface area contributed by atoms with Gasteiger partial charge in [-0.25, -0.2) is 9.18 Å². The number of nitrogens with zero attached hydrogens (tertiary/aromatic N) is 1. The largest absolute Gasteiger partial charge is 0.478 e. The van der Waals surface area contributed by atoms with Crippen LogP contribution in [0, 0.1) is 5.82 Å². The van der Waals surface area contributed by atoms with E-state index in [2.05, 4.69) is 5.32 Å². The average Bonchev–Trinajstić information content (AvgIpc) is 2.68. The smallest absolute Gasteiger partial charge is 0.336 e. The topological polar surface area (TPSA) is 86.7 Å². The van der Waals surface area contributed by atoms with Crippen LogP contribution in [0.25, 0.3) is 0 Å². The standard InChI is InChI=1S/C20H19FN2O4/c21-14-7-5-13(6-8-14)18(24)22-15-9-11-23(12-10-15)19(25)16-3-1-2-4-17(16)20(26)27/h1-8,15H,9-12H2,(H,22,24)(H,26,27). The van der Waals surface area contributed by atoms with E-state index in [1.54, 1.807) is 17.0 Å². The van der Waals surface area contributed by atoms with Crippen molar-refractivity contribution < 1.29 is 23.9 Å². The Bertz CT molecular complexity index is 859. The summed E-state index contributed by atoms with van der Waals surface area (Å²) in [5.41, 5.74) is 0.526. The van der Waals surface area contributed by atoms with Crippen LogP contribution in [0.15, 0.2) is 48.5 Å². The molecule has 0 bridgehead atoms. The molecule has 1 fully saturated rings. The van der Waals surface area contributed by atoms with E-state index in [4.69, 9.17) is 0 Å². The van der Waals surface area contributed by atoms with Gasteiger partial charge in [0.1, 0.15) is 5.82 Å². The Morgan fingerprint density at radius 3 is 2.15 bits per heavy atom. The van der Waals surface area contributed by atoms with Gasteiger partial charge in [0, 0.05) is 24.7 Å². The number of hydrogen-bond acceptors (Lipinski definition) is 3. The summed E-state index contributed by atoms with van der Waals surface area (Å²) in [5.74, 6) is -2.15. The van der Waals surface area contributed by atoms with Crippen molar-refractivity contribution in [1.82, 2.24) is 10.2 Å². The van der Waals surface area contributed by atoms with E-state index >= 15 is 0 Å². The predicted molar refractivity (Wildman–Crippen MR) is 96.2 cm³/mol. The van der Waals surface area contributed by atoms with Crippen LogP contribution in [0.2, 0.25) is 0 Å². The van der Waals surface area contributed by atoms with Crippen LogP contribution in [0.5, 0.6) is 0 Å². The summed E-state index contributed by atoms with van der Waals surface area (Å²) in [6.45, 7) is 0.836. The van der Waals surface area contributed by atoms with E-state index < -0.39 is 11.8 Å². The van der Waals surface area contributed by atoms with Crippen molar-refractivity contribution in [2.45, 2.75) is 18.9 Å². The van der Waals surface area contributed by atoms with Crippen molar-refractivity contribution in [3.63, 3.8) is 0 Å². The molecule has 7 heteroatoms. The number of aromatic carboxylic acids is 1. The highest BCUT2D eigenvalue weighted by atomic mass is 19.1. The van der Waals surface area contributed by atoms with Gasteiger partial charge in [-0.2, -0.15) is 0 Å². The average molecular weight is 370 g/mol. The molecule has 0 atom stereocenters. The molecule has 2 aromatic carbocycles. The maximum absolute atomic E-state index is 12.9. The molecule has 1 saturated heterocycles. The second kappa shape index (κ2) is 7.99. The van der Waals surface area contributed by atoms with Gasteiger partial charge >= 0.3 is 5.97 Å². The lowest BCUT2D eigenvalue weighted by atomic mass is 10.0. The quantitative estimate of drug-likeness (QED) is 0.866. The normalized spacial score (nSPS) is 14.6. The van der Waals surface area contributed by atoms with Crippen molar-refractivity contribution in [2.24, 2.45) is 0 Å². The first kappa shape index (κ1) is 18.6. The third kappa shape index (κ3) is 4.31. The van der Waals surface area contributed by atoms with Crippen molar-refractivity contribution >= 4 is 17.8 Å². The van der Waals surface area contributed by atoms with Gasteiger partial charge < -0.3 is 15.3 Å². The number of carbonyl (C=O) groups excluding carboxylic acids is 2. The Morgan fingerprint density at radius 1 is 0.963 bits per heavy atom. The lowest BCUT2D eigenvalue weighted by Crippen LogP contribution is -2.46. The van der Waals surface area contributed by atoms with Crippen LogP contribution in [-0.2, 0) is 0 Å². The maximum atomic E-state index is 12.9. The fourth-order valence-electron chi connectivity index (χ4n) is 3.12. The highest BCUT2D eigenvalue weighted by Crippen LogP contribution is 2.17. The Balaban J connectivity index is 1.59. The van der Waals surface area contributed by atoms with Crippen LogP contribution < -0.4 is 5.32 Å². The van der Waals surface area contributed by atoms with Gasteiger partial charge in [0.05, 0.1) is 11.1 Å². The second-order valence-corrected chi connectivity index (χ2v) is 6.40. The highest BCUT2D eigenvalue weighted by Gasteiger charge is 2.27. The molecule has 1 heterocycles. The minimum absolute atomic E-state index is 0.0192. The molecule has 0 saturated carbocycles. The van der Waals surface area contributed by atoms with Gasteiger partial charge in [-0.3, -0.25) is 9.59 Å². The molecule has 2 amide bonds. The number of nitrogens with one attached hydrogen (secondary N) is 1. The molecule has 140 valence electrons. The van der Waals surface area contributed by atoms with Gasteiger partial charge in [-0.1, -0.05) is 12.1 Å². The van der Waals surface area contributed by atoms with Crippen molar-refractivity contribution in [1.29, 1.82) is 0 Å². The monoisotopic (exact) mass is 370 g/mol. The van der Waals surface area contributed by atoms with E-state index in [1.807, 2.05) is 0 Å². The first-order valence-electron chi connectivity index (χ1n) is 8.63. The van der Waals surface area contributed by atoms with E-state index in [9.17, 15) is 23.9 Å². The van der Waals surface area contributed by atoms with E-state index in [0.29, 0.717) is 31.5 Å². The molecule has 0 unspecified atom stereocenters. The molecule has 1 aliphatic heterocycles. The molecular weight excluding hydrogens is 351 g/mol. The molecular formula is C20H19FN2O4. The number of likely N-dealkylation sites (tertiary alicyclic amines) is 1. The number of benzene rings is 2. The van der Waals surface area contributed by atoms with Crippen LogP contribution in [0.1, 0.15) is 43.9 Å². The summed E-state index contributed by atoms with van der Waals surface area (Å²) in [6, 6.07) is 11.3. The van der Waals surface area contributed by atoms with E-state index in [1.165, 1.54) is 36.4 Å². The summed E-state index contributed by atoms with van der Waals surface area (Å²) in [4.78, 5) is 37.7. The molecule has 2 N–H and O–H groups in total. The SMILES string of the molecule is O=C(NC1CCN(C(=O)c2ccccc2C(=O)O)CC1)c1ccc(F)cc1. The predicted octanol–water partition coefficient (Wildman–Crippen LogP) is 2.56. The third-order valence-corrected chi connectivity index (χ3v) is 4.61. The van der Waals surface area contributed by atoms with Gasteiger partial charge in [0.15, 0.2) is 0 Å². The molecule has 2 aromatic rings. The highest BCUT2D eigenvalue weighted by molar-refractivity contribution is 6.04. The minimum atomic E-state index is -1.14. The fraction of sp³-hybridized carbons (Fsp3) is 0.250. The zero-order valence-corrected chi connectivity index (χ0v) is 14.5. The van der Waals surface area contributed by atoms with Crippen LogP contribution in [0.4, 0.5) is 4.39 Å². The van der Waals surface area contributed by atoms with Gasteiger partial charge in [-0.15, -0.1) is 0 Å². The van der Waals surface area contributed by atoms with Crippen LogP contribution in [-0.4, -0.2) is 46.9 Å². The van der Waals surface area contributed by atoms with E-state index in [-0.39, 0.29) is 29.0 Å². The van der Waals surface area contributed by atoms with Crippen molar-refractivity contribution in [3.05, 3.63) is 71.0 Å². The number of carboxylic acids is 1. The number of rotatable bonds is 4. The minimum Gasteiger partial charge on any atom is -0.478 e. The summed E-state index contributed by atoms with van der Waals surface area (Å²) in [5, 5.41) is 12.1. The molecule has 6 nitrogen and oxygen atoms in total. The van der Waals surface area contributed by atoms with Gasteiger partial charge in [0.25, 0.3) is 11.8 Å². The Hall–Kier alpha value is -3.22. The second-order valence-electron chi connectivity index (χ2n) is 6.40. The first-order valence-corrected chi connectivity index (χ1v) is 8.63. The summed E-state index contributed by atoms with van der Waals surface area (Å²) in [7, 11) is 0. The number of hydrogen-bond donors (Lipinski definition) is 2. The number of amides is 2. The van der Waals surface area contributed by atoms with Crippen molar-refractivity contribution in [3.8, 4) is 0 Å². The number of carboxylic acid groups (broad SMARTS) is 1. The fourth-order valence-corrected chi connectivity index (χ4v) is 3.12. The molecule has 0 aromatic heterocycles.